The van der Waals surface area contributed by atoms with Crippen molar-refractivity contribution in [2.75, 3.05) is 7.11 Å². The van der Waals surface area contributed by atoms with E-state index in [1.165, 1.54) is 19.2 Å². The molecular formula is C22H19FO4. The van der Waals surface area contributed by atoms with Crippen LogP contribution in [0.5, 0.6) is 5.75 Å². The topological polar surface area (TPSA) is 48.7 Å². The molecule has 0 radical (unpaired) electrons. The maximum Gasteiger partial charge on any atom is 0.373 e. The summed E-state index contributed by atoms with van der Waals surface area (Å²) in [5.74, 6) is 0.772. The summed E-state index contributed by atoms with van der Waals surface area (Å²) < 4.78 is 28.6. The van der Waals surface area contributed by atoms with Crippen molar-refractivity contribution in [1.82, 2.24) is 0 Å². The number of rotatable bonds is 7. The van der Waals surface area contributed by atoms with Gasteiger partial charge < -0.3 is 13.9 Å². The monoisotopic (exact) mass is 366 g/mol. The molecule has 0 aliphatic carbocycles. The molecule has 0 aliphatic heterocycles. The first-order valence-electron chi connectivity index (χ1n) is 8.45. The first-order valence-corrected chi connectivity index (χ1v) is 8.45. The summed E-state index contributed by atoms with van der Waals surface area (Å²) in [7, 11) is 1.31. The van der Waals surface area contributed by atoms with E-state index in [9.17, 15) is 9.18 Å². The van der Waals surface area contributed by atoms with Gasteiger partial charge in [-0.3, -0.25) is 0 Å². The van der Waals surface area contributed by atoms with Crippen LogP contribution in [0.2, 0.25) is 0 Å². The molecular weight excluding hydrogens is 347 g/mol. The van der Waals surface area contributed by atoms with Crippen LogP contribution in [0.3, 0.4) is 0 Å². The zero-order valence-electron chi connectivity index (χ0n) is 14.9. The molecule has 2 aromatic carbocycles. The van der Waals surface area contributed by atoms with Crippen molar-refractivity contribution in [3.63, 3.8) is 0 Å². The Morgan fingerprint density at radius 2 is 1.70 bits per heavy atom. The highest BCUT2D eigenvalue weighted by Crippen LogP contribution is 2.16. The molecule has 1 aromatic heterocycles. The Morgan fingerprint density at radius 1 is 1.00 bits per heavy atom. The average Bonchev–Trinajstić information content (AvgIpc) is 3.17. The highest BCUT2D eigenvalue weighted by atomic mass is 19.1. The van der Waals surface area contributed by atoms with Crippen LogP contribution in [0.25, 0.3) is 6.08 Å². The Bertz CT molecular complexity index is 908. The normalized spacial score (nSPS) is 10.9. The van der Waals surface area contributed by atoms with Gasteiger partial charge in [0.05, 0.1) is 7.11 Å². The number of hydrogen-bond donors (Lipinski definition) is 0. The number of benzene rings is 2. The summed E-state index contributed by atoms with van der Waals surface area (Å²) >= 11 is 0. The standard InChI is InChI=1S/C22H19FO4/c1-25-22(24)21-14-13-20(27-21)4-2-3-16-7-11-19(12-8-16)26-15-17-5-9-18(23)10-6-17/h2,4-14H,3,15H2,1H3/b4-2-. The summed E-state index contributed by atoms with van der Waals surface area (Å²) in [5, 5.41) is 0. The molecule has 0 saturated carbocycles. The van der Waals surface area contributed by atoms with Gasteiger partial charge in [0.15, 0.2) is 0 Å². The molecule has 1 heterocycles. The molecule has 5 heteroatoms. The van der Waals surface area contributed by atoms with Gasteiger partial charge in [0.1, 0.15) is 23.9 Å². The molecule has 0 saturated heterocycles. The molecule has 0 amide bonds. The molecule has 0 spiro atoms. The Labute approximate surface area is 156 Å². The highest BCUT2D eigenvalue weighted by Gasteiger charge is 2.09. The maximum atomic E-state index is 12.9. The molecule has 0 bridgehead atoms. The largest absolute Gasteiger partial charge is 0.489 e. The van der Waals surface area contributed by atoms with E-state index in [0.717, 1.165) is 16.9 Å². The van der Waals surface area contributed by atoms with E-state index in [2.05, 4.69) is 4.74 Å². The van der Waals surface area contributed by atoms with Gasteiger partial charge in [0.2, 0.25) is 5.76 Å². The number of furan rings is 1. The number of esters is 1. The fourth-order valence-electron chi connectivity index (χ4n) is 2.43. The minimum Gasteiger partial charge on any atom is -0.489 e. The van der Waals surface area contributed by atoms with Crippen molar-refractivity contribution >= 4 is 12.0 Å². The van der Waals surface area contributed by atoms with E-state index < -0.39 is 5.97 Å². The van der Waals surface area contributed by atoms with Crippen molar-refractivity contribution in [2.45, 2.75) is 13.0 Å². The number of halogens is 1. The maximum absolute atomic E-state index is 12.9. The second-order valence-electron chi connectivity index (χ2n) is 5.86. The number of allylic oxidation sites excluding steroid dienone is 1. The fraction of sp³-hybridized carbons (Fsp3) is 0.136. The zero-order valence-corrected chi connectivity index (χ0v) is 14.9. The number of ether oxygens (including phenoxy) is 2. The molecule has 0 atom stereocenters. The van der Waals surface area contributed by atoms with Crippen LogP contribution >= 0.6 is 0 Å². The van der Waals surface area contributed by atoms with Crippen LogP contribution in [0, 0.1) is 5.82 Å². The molecule has 0 N–H and O–H groups in total. The van der Waals surface area contributed by atoms with Crippen molar-refractivity contribution in [2.24, 2.45) is 0 Å². The van der Waals surface area contributed by atoms with Gasteiger partial charge in [-0.15, -0.1) is 0 Å². The van der Waals surface area contributed by atoms with Crippen molar-refractivity contribution in [3.05, 3.63) is 95.2 Å². The Kier molecular flexibility index (Phi) is 6.05. The van der Waals surface area contributed by atoms with E-state index in [0.29, 0.717) is 18.8 Å². The van der Waals surface area contributed by atoms with Gasteiger partial charge in [-0.05, 0) is 60.0 Å². The van der Waals surface area contributed by atoms with Gasteiger partial charge in [-0.25, -0.2) is 9.18 Å². The van der Waals surface area contributed by atoms with Crippen LogP contribution < -0.4 is 4.74 Å². The summed E-state index contributed by atoms with van der Waals surface area (Å²) in [5.41, 5.74) is 2.02. The second-order valence-corrected chi connectivity index (χ2v) is 5.86. The smallest absolute Gasteiger partial charge is 0.373 e. The summed E-state index contributed by atoms with van der Waals surface area (Å²) in [6, 6.07) is 17.3. The molecule has 0 aliphatic rings. The van der Waals surface area contributed by atoms with Crippen molar-refractivity contribution in [3.8, 4) is 5.75 Å². The Balaban J connectivity index is 1.50. The number of hydrogen-bond acceptors (Lipinski definition) is 4. The predicted molar refractivity (Wildman–Crippen MR) is 100.0 cm³/mol. The fourth-order valence-corrected chi connectivity index (χ4v) is 2.43. The lowest BCUT2D eigenvalue weighted by Crippen LogP contribution is -1.98. The number of carbonyl (C=O) groups is 1. The van der Waals surface area contributed by atoms with Gasteiger partial charge in [-0.2, -0.15) is 0 Å². The Hall–Kier alpha value is -3.34. The number of carbonyl (C=O) groups excluding carboxylic acids is 1. The van der Waals surface area contributed by atoms with Crippen LogP contribution in [0.1, 0.15) is 27.4 Å². The van der Waals surface area contributed by atoms with Crippen LogP contribution in [0.15, 0.2) is 71.2 Å². The van der Waals surface area contributed by atoms with Crippen LogP contribution in [-0.4, -0.2) is 13.1 Å². The van der Waals surface area contributed by atoms with Crippen LogP contribution in [-0.2, 0) is 17.8 Å². The lowest BCUT2D eigenvalue weighted by Gasteiger charge is -2.07. The first-order chi connectivity index (χ1) is 13.1. The third-order valence-corrected chi connectivity index (χ3v) is 3.89. The zero-order chi connectivity index (χ0) is 19.1. The average molecular weight is 366 g/mol. The lowest BCUT2D eigenvalue weighted by molar-refractivity contribution is 0.0564. The lowest BCUT2D eigenvalue weighted by atomic mass is 10.1. The van der Waals surface area contributed by atoms with E-state index in [1.807, 2.05) is 36.4 Å². The Morgan fingerprint density at radius 3 is 2.41 bits per heavy atom. The summed E-state index contributed by atoms with van der Waals surface area (Å²) in [4.78, 5) is 11.3. The van der Waals surface area contributed by atoms with Gasteiger partial charge in [0, 0.05) is 0 Å². The SMILES string of the molecule is COC(=O)c1ccc(/C=C\Cc2ccc(OCc3ccc(F)cc3)cc2)o1. The predicted octanol–water partition coefficient (Wildman–Crippen LogP) is 5.04. The molecule has 0 unspecified atom stereocenters. The highest BCUT2D eigenvalue weighted by molar-refractivity contribution is 5.86. The van der Waals surface area contributed by atoms with Crippen molar-refractivity contribution in [1.29, 1.82) is 0 Å². The first kappa shape index (κ1) is 18.5. The number of methoxy groups -OCH3 is 1. The van der Waals surface area contributed by atoms with Crippen LogP contribution in [0.4, 0.5) is 4.39 Å². The second kappa shape index (κ2) is 8.85. The molecule has 4 nitrogen and oxygen atoms in total. The van der Waals surface area contributed by atoms with Crippen molar-refractivity contribution < 1.29 is 23.1 Å². The van der Waals surface area contributed by atoms with E-state index >= 15 is 0 Å². The molecule has 3 aromatic rings. The minimum absolute atomic E-state index is 0.180. The van der Waals surface area contributed by atoms with E-state index in [-0.39, 0.29) is 11.6 Å². The third-order valence-electron chi connectivity index (χ3n) is 3.89. The third kappa shape index (κ3) is 5.31. The minimum atomic E-state index is -0.495. The van der Waals surface area contributed by atoms with E-state index in [4.69, 9.17) is 9.15 Å². The van der Waals surface area contributed by atoms with Gasteiger partial charge >= 0.3 is 5.97 Å². The molecule has 27 heavy (non-hydrogen) atoms. The summed E-state index contributed by atoms with van der Waals surface area (Å²) in [6.45, 7) is 0.389. The molecule has 0 fully saturated rings. The van der Waals surface area contributed by atoms with E-state index in [1.54, 1.807) is 24.3 Å². The quantitative estimate of drug-likeness (QED) is 0.550. The molecule has 138 valence electrons. The van der Waals surface area contributed by atoms with Gasteiger partial charge in [-0.1, -0.05) is 30.3 Å². The molecule has 3 rings (SSSR count). The summed E-state index contributed by atoms with van der Waals surface area (Å²) in [6.07, 6.45) is 4.48. The van der Waals surface area contributed by atoms with Gasteiger partial charge in [0.25, 0.3) is 0 Å².